The Bertz CT molecular complexity index is 655. The maximum Gasteiger partial charge on any atom is 0.159 e. The Balaban J connectivity index is 2.62. The Kier molecular flexibility index (Phi) is 4.23. The van der Waals surface area contributed by atoms with Crippen LogP contribution in [0, 0.1) is 13.8 Å². The summed E-state index contributed by atoms with van der Waals surface area (Å²) >= 11 is 6.24. The molecular weight excluding hydrogens is 286 g/mol. The van der Waals surface area contributed by atoms with E-state index in [0.717, 1.165) is 35.4 Å². The molecule has 0 fully saturated rings. The van der Waals surface area contributed by atoms with E-state index in [0.29, 0.717) is 5.02 Å². The molecule has 0 radical (unpaired) electrons. The van der Waals surface area contributed by atoms with Crippen LogP contribution >= 0.6 is 11.6 Å². The van der Waals surface area contributed by atoms with Crippen LogP contribution in [0.2, 0.25) is 5.02 Å². The van der Waals surface area contributed by atoms with Gasteiger partial charge in [-0.15, -0.1) is 0 Å². The summed E-state index contributed by atoms with van der Waals surface area (Å²) in [6, 6.07) is 1.90. The molecule has 0 bridgehead atoms. The van der Waals surface area contributed by atoms with Crippen molar-refractivity contribution in [3.8, 4) is 5.82 Å². The molecule has 0 saturated carbocycles. The van der Waals surface area contributed by atoms with Gasteiger partial charge in [0, 0.05) is 18.0 Å². The molecule has 0 aliphatic heterocycles. The van der Waals surface area contributed by atoms with E-state index >= 15 is 0 Å². The summed E-state index contributed by atoms with van der Waals surface area (Å²) in [6.45, 7) is 13.0. The van der Waals surface area contributed by atoms with Crippen molar-refractivity contribution in [1.82, 2.24) is 19.7 Å². The summed E-state index contributed by atoms with van der Waals surface area (Å²) in [4.78, 5) is 9.25. The summed E-state index contributed by atoms with van der Waals surface area (Å²) in [5.74, 6) is 2.31. The molecule has 0 saturated heterocycles. The third-order valence-electron chi connectivity index (χ3n) is 3.16. The predicted molar refractivity (Wildman–Crippen MR) is 86.5 cm³/mol. The Morgan fingerprint density at radius 2 is 1.90 bits per heavy atom. The maximum atomic E-state index is 6.24. The first-order valence-electron chi connectivity index (χ1n) is 7.09. The van der Waals surface area contributed by atoms with E-state index in [9.17, 15) is 0 Å². The standard InChI is InChI=1S/C15H22ClN5/c1-7-17-11-8-12(19-14(18-11)15(4,5)6)21-10(3)13(16)9(2)20-21/h8H,7H2,1-6H3,(H,17,18,19). The van der Waals surface area contributed by atoms with Gasteiger partial charge in [-0.3, -0.25) is 0 Å². The van der Waals surface area contributed by atoms with E-state index in [4.69, 9.17) is 11.6 Å². The van der Waals surface area contributed by atoms with Crippen molar-refractivity contribution < 1.29 is 0 Å². The lowest BCUT2D eigenvalue weighted by Crippen LogP contribution is -2.19. The first kappa shape index (κ1) is 15.8. The number of aromatic nitrogens is 4. The van der Waals surface area contributed by atoms with E-state index in [2.05, 4.69) is 41.2 Å². The molecule has 0 atom stereocenters. The smallest absolute Gasteiger partial charge is 0.159 e. The first-order chi connectivity index (χ1) is 9.74. The van der Waals surface area contributed by atoms with Crippen molar-refractivity contribution in [2.75, 3.05) is 11.9 Å². The highest BCUT2D eigenvalue weighted by Crippen LogP contribution is 2.25. The average Bonchev–Trinajstić information content (AvgIpc) is 2.66. The second-order valence-corrected chi connectivity index (χ2v) is 6.49. The van der Waals surface area contributed by atoms with Crippen molar-refractivity contribution in [1.29, 1.82) is 0 Å². The van der Waals surface area contributed by atoms with Crippen LogP contribution < -0.4 is 5.32 Å². The van der Waals surface area contributed by atoms with E-state index in [1.54, 1.807) is 4.68 Å². The van der Waals surface area contributed by atoms with Gasteiger partial charge < -0.3 is 5.32 Å². The van der Waals surface area contributed by atoms with Crippen molar-refractivity contribution >= 4 is 17.4 Å². The van der Waals surface area contributed by atoms with Crippen LogP contribution in [-0.2, 0) is 5.41 Å². The van der Waals surface area contributed by atoms with Gasteiger partial charge in [0.05, 0.1) is 16.4 Å². The highest BCUT2D eigenvalue weighted by molar-refractivity contribution is 6.31. The van der Waals surface area contributed by atoms with Gasteiger partial charge in [-0.05, 0) is 20.8 Å². The number of rotatable bonds is 3. The SMILES string of the molecule is CCNc1cc(-n2nc(C)c(Cl)c2C)nc(C(C)(C)C)n1. The van der Waals surface area contributed by atoms with Crippen molar-refractivity contribution in [2.45, 2.75) is 47.0 Å². The van der Waals surface area contributed by atoms with Crippen LogP contribution in [0.5, 0.6) is 0 Å². The largest absolute Gasteiger partial charge is 0.370 e. The van der Waals surface area contributed by atoms with Gasteiger partial charge in [-0.25, -0.2) is 14.6 Å². The van der Waals surface area contributed by atoms with Crippen LogP contribution in [-0.4, -0.2) is 26.3 Å². The molecule has 1 N–H and O–H groups in total. The van der Waals surface area contributed by atoms with Gasteiger partial charge in [0.15, 0.2) is 5.82 Å². The lowest BCUT2D eigenvalue weighted by Gasteiger charge is -2.19. The second-order valence-electron chi connectivity index (χ2n) is 6.11. The van der Waals surface area contributed by atoms with Gasteiger partial charge in [0.1, 0.15) is 11.6 Å². The molecule has 2 rings (SSSR count). The number of hydrogen-bond donors (Lipinski definition) is 1. The summed E-state index contributed by atoms with van der Waals surface area (Å²) < 4.78 is 1.77. The van der Waals surface area contributed by atoms with Gasteiger partial charge in [0.25, 0.3) is 0 Å². The molecule has 5 nitrogen and oxygen atoms in total. The van der Waals surface area contributed by atoms with Crippen LogP contribution in [0.3, 0.4) is 0 Å². The summed E-state index contributed by atoms with van der Waals surface area (Å²) in [5.41, 5.74) is 1.55. The lowest BCUT2D eigenvalue weighted by atomic mass is 9.96. The third kappa shape index (κ3) is 3.18. The molecule has 0 unspecified atom stereocenters. The summed E-state index contributed by atoms with van der Waals surface area (Å²) in [5, 5.41) is 8.39. The van der Waals surface area contributed by atoms with Crippen molar-refractivity contribution in [2.24, 2.45) is 0 Å². The highest BCUT2D eigenvalue weighted by atomic mass is 35.5. The van der Waals surface area contributed by atoms with E-state index in [-0.39, 0.29) is 5.41 Å². The molecule has 0 spiro atoms. The first-order valence-corrected chi connectivity index (χ1v) is 7.47. The number of nitrogens with one attached hydrogen (secondary N) is 1. The number of halogens is 1. The number of aryl methyl sites for hydroxylation is 1. The molecule has 0 aromatic carbocycles. The number of hydrogen-bond acceptors (Lipinski definition) is 4. The Morgan fingerprint density at radius 1 is 1.24 bits per heavy atom. The highest BCUT2D eigenvalue weighted by Gasteiger charge is 2.21. The zero-order valence-electron chi connectivity index (χ0n) is 13.5. The zero-order chi connectivity index (χ0) is 15.8. The van der Waals surface area contributed by atoms with E-state index in [1.165, 1.54) is 0 Å². The molecule has 6 heteroatoms. The van der Waals surface area contributed by atoms with Crippen LogP contribution in [0.1, 0.15) is 44.9 Å². The van der Waals surface area contributed by atoms with Crippen molar-refractivity contribution in [3.63, 3.8) is 0 Å². The van der Waals surface area contributed by atoms with Crippen molar-refractivity contribution in [3.05, 3.63) is 28.3 Å². The molecule has 2 heterocycles. The fraction of sp³-hybridized carbons (Fsp3) is 0.533. The molecule has 0 aliphatic carbocycles. The second kappa shape index (κ2) is 5.64. The number of anilines is 1. The minimum Gasteiger partial charge on any atom is -0.370 e. The van der Waals surface area contributed by atoms with E-state index in [1.807, 2.05) is 26.8 Å². The monoisotopic (exact) mass is 307 g/mol. The summed E-state index contributed by atoms with van der Waals surface area (Å²) in [7, 11) is 0. The summed E-state index contributed by atoms with van der Waals surface area (Å²) in [6.07, 6.45) is 0. The lowest BCUT2D eigenvalue weighted by molar-refractivity contribution is 0.542. The molecule has 0 amide bonds. The zero-order valence-corrected chi connectivity index (χ0v) is 14.2. The van der Waals surface area contributed by atoms with Crippen LogP contribution in [0.4, 0.5) is 5.82 Å². The molecule has 2 aromatic heterocycles. The third-order valence-corrected chi connectivity index (χ3v) is 3.71. The molecule has 21 heavy (non-hydrogen) atoms. The Morgan fingerprint density at radius 3 is 2.38 bits per heavy atom. The fourth-order valence-corrected chi connectivity index (χ4v) is 2.11. The van der Waals surface area contributed by atoms with Crippen LogP contribution in [0.25, 0.3) is 5.82 Å². The predicted octanol–water partition coefficient (Wildman–Crippen LogP) is 3.66. The Hall–Kier alpha value is -1.62. The Labute approximate surface area is 130 Å². The maximum absolute atomic E-state index is 6.24. The molecule has 0 aliphatic rings. The average molecular weight is 308 g/mol. The fourth-order valence-electron chi connectivity index (χ4n) is 2.00. The van der Waals surface area contributed by atoms with Crippen LogP contribution in [0.15, 0.2) is 6.07 Å². The van der Waals surface area contributed by atoms with Gasteiger partial charge in [-0.2, -0.15) is 5.10 Å². The van der Waals surface area contributed by atoms with E-state index < -0.39 is 0 Å². The van der Waals surface area contributed by atoms with Gasteiger partial charge >= 0.3 is 0 Å². The molecular formula is C15H22ClN5. The normalized spacial score (nSPS) is 11.8. The molecule has 2 aromatic rings. The van der Waals surface area contributed by atoms with Gasteiger partial charge in [-0.1, -0.05) is 32.4 Å². The minimum atomic E-state index is -0.139. The quantitative estimate of drug-likeness (QED) is 0.940. The van der Waals surface area contributed by atoms with Gasteiger partial charge in [0.2, 0.25) is 0 Å². The minimum absolute atomic E-state index is 0.139. The number of nitrogens with zero attached hydrogens (tertiary/aromatic N) is 4. The molecule has 114 valence electrons. The topological polar surface area (TPSA) is 55.6 Å².